The predicted octanol–water partition coefficient (Wildman–Crippen LogP) is 3.25. The number of azide groups is 1. The summed E-state index contributed by atoms with van der Waals surface area (Å²) in [6.45, 7) is 0.426. The van der Waals surface area contributed by atoms with Crippen molar-refractivity contribution in [2.45, 2.75) is 28.9 Å². The Morgan fingerprint density at radius 1 is 1.43 bits per heavy atom. The highest BCUT2D eigenvalue weighted by atomic mass is 32.2. The largest absolute Gasteiger partial charge is 0.372 e. The van der Waals surface area contributed by atoms with Crippen molar-refractivity contribution in [3.05, 3.63) is 34.7 Å². The standard InChI is InChI=1S/C13H17N3O3S2/c1-20-11-2-4-12(5-3-11)21(17,18)9-10-6-7-19-13(8-10)15-16-14/h2-5,10,13H,6-9H2,1H3. The van der Waals surface area contributed by atoms with Gasteiger partial charge in [0.2, 0.25) is 0 Å². The van der Waals surface area contributed by atoms with E-state index in [1.165, 1.54) is 0 Å². The fourth-order valence-electron chi connectivity index (χ4n) is 2.32. The lowest BCUT2D eigenvalue weighted by molar-refractivity contribution is 0.000437. The zero-order valence-electron chi connectivity index (χ0n) is 11.7. The molecule has 1 saturated heterocycles. The maximum Gasteiger partial charge on any atom is 0.178 e. The van der Waals surface area contributed by atoms with E-state index in [1.807, 2.05) is 18.4 Å². The Labute approximate surface area is 128 Å². The maximum absolute atomic E-state index is 12.4. The fourth-order valence-corrected chi connectivity index (χ4v) is 4.40. The van der Waals surface area contributed by atoms with E-state index in [0.29, 0.717) is 24.3 Å². The summed E-state index contributed by atoms with van der Waals surface area (Å²) in [4.78, 5) is 4.09. The van der Waals surface area contributed by atoms with Gasteiger partial charge < -0.3 is 4.74 Å². The number of sulfone groups is 1. The van der Waals surface area contributed by atoms with Crippen LogP contribution in [0.3, 0.4) is 0 Å². The van der Waals surface area contributed by atoms with E-state index in [2.05, 4.69) is 10.0 Å². The monoisotopic (exact) mass is 327 g/mol. The van der Waals surface area contributed by atoms with Gasteiger partial charge in [0, 0.05) is 16.4 Å². The molecule has 21 heavy (non-hydrogen) atoms. The minimum atomic E-state index is -3.32. The second kappa shape index (κ2) is 7.17. The van der Waals surface area contributed by atoms with Crippen molar-refractivity contribution >= 4 is 21.6 Å². The summed E-state index contributed by atoms with van der Waals surface area (Å²) in [6.07, 6.45) is 2.51. The molecule has 1 heterocycles. The first-order valence-corrected chi connectivity index (χ1v) is 9.45. The van der Waals surface area contributed by atoms with E-state index < -0.39 is 16.1 Å². The molecule has 1 fully saturated rings. The van der Waals surface area contributed by atoms with Crippen molar-refractivity contribution in [2.24, 2.45) is 11.0 Å². The van der Waals surface area contributed by atoms with Gasteiger partial charge in [0.1, 0.15) is 6.23 Å². The topological polar surface area (TPSA) is 92.1 Å². The summed E-state index contributed by atoms with van der Waals surface area (Å²) in [7, 11) is -3.32. The zero-order chi connectivity index (χ0) is 15.3. The van der Waals surface area contributed by atoms with Gasteiger partial charge in [0.15, 0.2) is 9.84 Å². The molecule has 1 aliphatic rings. The summed E-state index contributed by atoms with van der Waals surface area (Å²) in [5, 5.41) is 3.52. The van der Waals surface area contributed by atoms with Crippen LogP contribution in [0.25, 0.3) is 10.4 Å². The van der Waals surface area contributed by atoms with Gasteiger partial charge in [-0.05, 0) is 54.8 Å². The Balaban J connectivity index is 2.07. The number of thioether (sulfide) groups is 1. The first-order chi connectivity index (χ1) is 10.0. The summed E-state index contributed by atoms with van der Waals surface area (Å²) < 4.78 is 30.1. The van der Waals surface area contributed by atoms with Crippen molar-refractivity contribution < 1.29 is 13.2 Å². The molecule has 6 nitrogen and oxygen atoms in total. The maximum atomic E-state index is 12.4. The Bertz CT molecular complexity index is 625. The molecule has 0 bridgehead atoms. The Kier molecular flexibility index (Phi) is 5.52. The van der Waals surface area contributed by atoms with E-state index >= 15 is 0 Å². The SMILES string of the molecule is CSc1ccc(S(=O)(=O)CC2CCOC(N=[N+]=[N-])C2)cc1. The first kappa shape index (κ1) is 16.2. The number of hydrogen-bond acceptors (Lipinski definition) is 5. The molecule has 1 aromatic rings. The molecule has 0 aromatic heterocycles. The van der Waals surface area contributed by atoms with Gasteiger partial charge in [0.25, 0.3) is 0 Å². The van der Waals surface area contributed by atoms with Gasteiger partial charge in [-0.1, -0.05) is 5.11 Å². The van der Waals surface area contributed by atoms with Crippen LogP contribution in [0.1, 0.15) is 12.8 Å². The quantitative estimate of drug-likeness (QED) is 0.359. The third-order valence-corrected chi connectivity index (χ3v) is 6.07. The fraction of sp³-hybridized carbons (Fsp3) is 0.538. The number of nitrogens with zero attached hydrogens (tertiary/aromatic N) is 3. The summed E-state index contributed by atoms with van der Waals surface area (Å²) in [5.74, 6) is 0.0198. The van der Waals surface area contributed by atoms with Gasteiger partial charge >= 0.3 is 0 Å². The van der Waals surface area contributed by atoms with Crippen molar-refractivity contribution in [3.8, 4) is 0 Å². The van der Waals surface area contributed by atoms with Crippen LogP contribution in [0.4, 0.5) is 0 Å². The normalized spacial score (nSPS) is 22.5. The first-order valence-electron chi connectivity index (χ1n) is 6.58. The molecule has 0 amide bonds. The van der Waals surface area contributed by atoms with Crippen LogP contribution in [-0.4, -0.2) is 33.3 Å². The average molecular weight is 327 g/mol. The molecule has 0 N–H and O–H groups in total. The van der Waals surface area contributed by atoms with E-state index in [4.69, 9.17) is 10.3 Å². The van der Waals surface area contributed by atoms with Gasteiger partial charge in [-0.3, -0.25) is 0 Å². The van der Waals surface area contributed by atoms with E-state index in [9.17, 15) is 8.42 Å². The Morgan fingerprint density at radius 2 is 2.14 bits per heavy atom. The molecule has 8 heteroatoms. The molecule has 2 atom stereocenters. The van der Waals surface area contributed by atoms with Crippen LogP contribution in [0.2, 0.25) is 0 Å². The Hall–Kier alpha value is -1.21. The zero-order valence-corrected chi connectivity index (χ0v) is 13.3. The highest BCUT2D eigenvalue weighted by Gasteiger charge is 2.27. The van der Waals surface area contributed by atoms with Crippen LogP contribution in [-0.2, 0) is 14.6 Å². The van der Waals surface area contributed by atoms with Crippen molar-refractivity contribution in [2.75, 3.05) is 18.6 Å². The van der Waals surface area contributed by atoms with E-state index in [1.54, 1.807) is 23.9 Å². The molecule has 0 radical (unpaired) electrons. The van der Waals surface area contributed by atoms with E-state index in [-0.39, 0.29) is 11.7 Å². The summed E-state index contributed by atoms with van der Waals surface area (Å²) in [6, 6.07) is 6.91. The smallest absolute Gasteiger partial charge is 0.178 e. The van der Waals surface area contributed by atoms with Crippen LogP contribution < -0.4 is 0 Å². The number of ether oxygens (including phenoxy) is 1. The summed E-state index contributed by atoms with van der Waals surface area (Å²) in [5.41, 5.74) is 8.42. The second-order valence-electron chi connectivity index (χ2n) is 4.88. The molecule has 1 aliphatic heterocycles. The van der Waals surface area contributed by atoms with Gasteiger partial charge in [-0.2, -0.15) is 0 Å². The lowest BCUT2D eigenvalue weighted by Gasteiger charge is -2.26. The lowest BCUT2D eigenvalue weighted by Crippen LogP contribution is -2.28. The highest BCUT2D eigenvalue weighted by molar-refractivity contribution is 7.98. The molecule has 0 aliphatic carbocycles. The molecule has 0 spiro atoms. The second-order valence-corrected chi connectivity index (χ2v) is 7.79. The highest BCUT2D eigenvalue weighted by Crippen LogP contribution is 2.26. The number of benzene rings is 1. The van der Waals surface area contributed by atoms with Crippen LogP contribution >= 0.6 is 11.8 Å². The molecule has 114 valence electrons. The van der Waals surface area contributed by atoms with Gasteiger partial charge in [-0.25, -0.2) is 8.42 Å². The molecular formula is C13H17N3O3S2. The van der Waals surface area contributed by atoms with Gasteiger partial charge in [-0.15, -0.1) is 11.8 Å². The lowest BCUT2D eigenvalue weighted by atomic mass is 10.0. The van der Waals surface area contributed by atoms with E-state index in [0.717, 1.165) is 4.90 Å². The molecule has 2 unspecified atom stereocenters. The molecule has 2 rings (SSSR count). The number of rotatable bonds is 5. The van der Waals surface area contributed by atoms with Crippen LogP contribution in [0.5, 0.6) is 0 Å². The van der Waals surface area contributed by atoms with Gasteiger partial charge in [0.05, 0.1) is 10.6 Å². The predicted molar refractivity (Wildman–Crippen MR) is 81.9 cm³/mol. The minimum absolute atomic E-state index is 0.0422. The van der Waals surface area contributed by atoms with Crippen LogP contribution in [0.15, 0.2) is 39.2 Å². The minimum Gasteiger partial charge on any atom is -0.372 e. The van der Waals surface area contributed by atoms with Crippen molar-refractivity contribution in [3.63, 3.8) is 0 Å². The molecule has 0 saturated carbocycles. The van der Waals surface area contributed by atoms with Crippen molar-refractivity contribution in [1.29, 1.82) is 0 Å². The molecular weight excluding hydrogens is 310 g/mol. The molecule has 1 aromatic carbocycles. The third kappa shape index (κ3) is 4.38. The summed E-state index contributed by atoms with van der Waals surface area (Å²) >= 11 is 1.57. The third-order valence-electron chi connectivity index (χ3n) is 3.43. The van der Waals surface area contributed by atoms with Crippen LogP contribution in [0, 0.1) is 5.92 Å². The number of hydrogen-bond donors (Lipinski definition) is 0. The Morgan fingerprint density at radius 3 is 2.76 bits per heavy atom. The van der Waals surface area contributed by atoms with Crippen molar-refractivity contribution in [1.82, 2.24) is 0 Å². The average Bonchev–Trinajstić information content (AvgIpc) is 2.47.